The highest BCUT2D eigenvalue weighted by atomic mass is 35.5. The van der Waals surface area contributed by atoms with Crippen LogP contribution < -0.4 is 10.6 Å². The number of benzene rings is 1. The third kappa shape index (κ3) is 5.35. The molecule has 1 fully saturated rings. The Balaban J connectivity index is 1.53. The molecule has 10 heteroatoms. The van der Waals surface area contributed by atoms with Gasteiger partial charge in [-0.3, -0.25) is 9.59 Å². The minimum absolute atomic E-state index is 0.0496. The van der Waals surface area contributed by atoms with Gasteiger partial charge in [0.25, 0.3) is 5.91 Å². The molecule has 0 aliphatic carbocycles. The lowest BCUT2D eigenvalue weighted by atomic mass is 10.2. The average Bonchev–Trinajstić information content (AvgIpc) is 3.35. The van der Waals surface area contributed by atoms with E-state index < -0.39 is 0 Å². The lowest BCUT2D eigenvalue weighted by Gasteiger charge is -2.16. The van der Waals surface area contributed by atoms with Crippen LogP contribution in [0.3, 0.4) is 0 Å². The van der Waals surface area contributed by atoms with E-state index in [-0.39, 0.29) is 30.2 Å². The molecule has 2 N–H and O–H groups in total. The van der Waals surface area contributed by atoms with E-state index in [1.807, 2.05) is 0 Å². The van der Waals surface area contributed by atoms with E-state index in [0.717, 1.165) is 19.4 Å². The van der Waals surface area contributed by atoms with Gasteiger partial charge < -0.3 is 20.3 Å². The van der Waals surface area contributed by atoms with Gasteiger partial charge in [0.05, 0.1) is 28.4 Å². The van der Waals surface area contributed by atoms with Crippen LogP contribution in [-0.4, -0.2) is 54.5 Å². The van der Waals surface area contributed by atoms with E-state index in [0.29, 0.717) is 27.4 Å². The zero-order valence-electron chi connectivity index (χ0n) is 15.2. The zero-order chi connectivity index (χ0) is 20.1. The number of halogens is 2. The van der Waals surface area contributed by atoms with Crippen molar-refractivity contribution in [3.05, 3.63) is 39.3 Å². The maximum absolute atomic E-state index is 12.5. The molecule has 3 rings (SSSR count). The average molecular weight is 443 g/mol. The van der Waals surface area contributed by atoms with Crippen molar-refractivity contribution in [2.24, 2.45) is 0 Å². The molecule has 1 aromatic heterocycles. The summed E-state index contributed by atoms with van der Waals surface area (Å²) in [5, 5.41) is 8.78. The van der Waals surface area contributed by atoms with Gasteiger partial charge in [-0.25, -0.2) is 4.98 Å². The van der Waals surface area contributed by atoms with Crippen molar-refractivity contribution in [3.8, 4) is 0 Å². The summed E-state index contributed by atoms with van der Waals surface area (Å²) in [4.78, 5) is 30.2. The Bertz CT molecular complexity index is 855. The molecule has 0 spiro atoms. The van der Waals surface area contributed by atoms with Crippen molar-refractivity contribution in [2.75, 3.05) is 32.1 Å². The number of ether oxygens (including phenoxy) is 1. The van der Waals surface area contributed by atoms with Gasteiger partial charge in [0.15, 0.2) is 5.13 Å². The third-order valence-electron chi connectivity index (χ3n) is 4.19. The smallest absolute Gasteiger partial charge is 0.273 e. The molecule has 7 nitrogen and oxygen atoms in total. The topological polar surface area (TPSA) is 83.6 Å². The second-order valence-corrected chi connectivity index (χ2v) is 8.01. The lowest BCUT2D eigenvalue weighted by molar-refractivity contribution is -0.122. The van der Waals surface area contributed by atoms with Crippen LogP contribution in [0.4, 0.5) is 10.8 Å². The zero-order valence-corrected chi connectivity index (χ0v) is 17.5. The summed E-state index contributed by atoms with van der Waals surface area (Å²) in [6.45, 7) is 1.15. The number of anilines is 2. The molecule has 2 amide bonds. The van der Waals surface area contributed by atoms with E-state index in [4.69, 9.17) is 27.9 Å². The first kappa shape index (κ1) is 20.9. The summed E-state index contributed by atoms with van der Waals surface area (Å²) in [7, 11) is 1.56. The van der Waals surface area contributed by atoms with Gasteiger partial charge in [-0.2, -0.15) is 0 Å². The summed E-state index contributed by atoms with van der Waals surface area (Å²) in [5.41, 5.74) is 0.851. The molecule has 1 atom stereocenters. The van der Waals surface area contributed by atoms with Crippen molar-refractivity contribution in [1.82, 2.24) is 15.2 Å². The quantitative estimate of drug-likeness (QED) is 0.684. The van der Waals surface area contributed by atoms with Crippen molar-refractivity contribution in [2.45, 2.75) is 18.9 Å². The fourth-order valence-electron chi connectivity index (χ4n) is 2.72. The predicted octanol–water partition coefficient (Wildman–Crippen LogP) is 3.56. The number of hydrogen-bond acceptors (Lipinski definition) is 6. The Morgan fingerprint density at radius 2 is 2.21 bits per heavy atom. The molecule has 28 heavy (non-hydrogen) atoms. The first-order chi connectivity index (χ1) is 13.4. The molecule has 0 radical (unpaired) electrons. The highest BCUT2D eigenvalue weighted by Crippen LogP contribution is 2.32. The van der Waals surface area contributed by atoms with Gasteiger partial charge in [-0.15, -0.1) is 11.3 Å². The number of carbonyl (C=O) groups excluding carboxylic acids is 2. The molecule has 1 aromatic carbocycles. The molecule has 1 aliphatic rings. The van der Waals surface area contributed by atoms with Gasteiger partial charge in [-0.1, -0.05) is 29.3 Å². The van der Waals surface area contributed by atoms with Crippen molar-refractivity contribution >= 4 is 57.2 Å². The second-order valence-electron chi connectivity index (χ2n) is 6.36. The molecule has 1 saturated heterocycles. The van der Waals surface area contributed by atoms with E-state index in [2.05, 4.69) is 15.6 Å². The van der Waals surface area contributed by atoms with Crippen LogP contribution in [0.1, 0.15) is 23.3 Å². The van der Waals surface area contributed by atoms with E-state index in [1.54, 1.807) is 30.6 Å². The molecule has 1 aliphatic heterocycles. The number of thiazole rings is 1. The molecular weight excluding hydrogens is 423 g/mol. The Hall–Kier alpha value is -1.87. The number of hydrogen-bond donors (Lipinski definition) is 2. The maximum Gasteiger partial charge on any atom is 0.273 e. The Morgan fingerprint density at radius 1 is 1.39 bits per heavy atom. The maximum atomic E-state index is 12.5. The van der Waals surface area contributed by atoms with Crippen molar-refractivity contribution < 1.29 is 14.3 Å². The molecule has 2 aromatic rings. The van der Waals surface area contributed by atoms with Crippen LogP contribution in [0.5, 0.6) is 0 Å². The first-order valence-electron chi connectivity index (χ1n) is 8.74. The van der Waals surface area contributed by atoms with Crippen LogP contribution in [0.2, 0.25) is 10.0 Å². The van der Waals surface area contributed by atoms with Crippen molar-refractivity contribution in [3.63, 3.8) is 0 Å². The third-order valence-corrected chi connectivity index (χ3v) is 5.77. The van der Waals surface area contributed by atoms with Crippen LogP contribution in [0, 0.1) is 0 Å². The van der Waals surface area contributed by atoms with Gasteiger partial charge in [0, 0.05) is 25.6 Å². The number of nitrogens with zero attached hydrogens (tertiary/aromatic N) is 2. The molecule has 2 heterocycles. The summed E-state index contributed by atoms with van der Waals surface area (Å²) in [6.07, 6.45) is 2.02. The number of likely N-dealkylation sites (N-methyl/N-ethyl adjacent to an activating group) is 1. The van der Waals surface area contributed by atoms with Gasteiger partial charge in [-0.05, 0) is 25.0 Å². The number of nitrogens with one attached hydrogen (secondary N) is 2. The minimum Gasteiger partial charge on any atom is -0.376 e. The predicted molar refractivity (Wildman–Crippen MR) is 111 cm³/mol. The molecular formula is C18H20Cl2N4O3S. The normalized spacial score (nSPS) is 16.0. The minimum atomic E-state index is -0.339. The Labute approximate surface area is 177 Å². The fourth-order valence-corrected chi connectivity index (χ4v) is 3.76. The van der Waals surface area contributed by atoms with E-state index in [9.17, 15) is 9.59 Å². The van der Waals surface area contributed by atoms with Crippen LogP contribution >= 0.6 is 34.5 Å². The highest BCUT2D eigenvalue weighted by Gasteiger charge is 2.20. The van der Waals surface area contributed by atoms with E-state index >= 15 is 0 Å². The van der Waals surface area contributed by atoms with Crippen molar-refractivity contribution in [1.29, 1.82) is 0 Å². The fraction of sp³-hybridized carbons (Fsp3) is 0.389. The molecule has 0 saturated carbocycles. The van der Waals surface area contributed by atoms with Crippen LogP contribution in [0.15, 0.2) is 23.6 Å². The summed E-state index contributed by atoms with van der Waals surface area (Å²) in [5.74, 6) is -0.570. The molecule has 150 valence electrons. The van der Waals surface area contributed by atoms with Crippen LogP contribution in [-0.2, 0) is 9.53 Å². The van der Waals surface area contributed by atoms with Crippen LogP contribution in [0.25, 0.3) is 0 Å². The Morgan fingerprint density at radius 3 is 2.96 bits per heavy atom. The SMILES string of the molecule is CN(CC(=O)NC[C@H]1CCCO1)C(=O)c1csc(Nc2cccc(Cl)c2Cl)n1. The van der Waals surface area contributed by atoms with Gasteiger partial charge >= 0.3 is 0 Å². The first-order valence-corrected chi connectivity index (χ1v) is 10.4. The summed E-state index contributed by atoms with van der Waals surface area (Å²) < 4.78 is 5.46. The summed E-state index contributed by atoms with van der Waals surface area (Å²) in [6, 6.07) is 5.21. The second kappa shape index (κ2) is 9.56. The number of rotatable bonds is 7. The number of aromatic nitrogens is 1. The highest BCUT2D eigenvalue weighted by molar-refractivity contribution is 7.14. The number of carbonyl (C=O) groups is 2. The van der Waals surface area contributed by atoms with Gasteiger partial charge in [0.2, 0.25) is 5.91 Å². The standard InChI is InChI=1S/C18H20Cl2N4O3S/c1-24(9-15(25)21-8-11-4-3-7-27-11)17(26)14-10-28-18(23-14)22-13-6-2-5-12(19)16(13)20/h2,5-6,10-11H,3-4,7-9H2,1H3,(H,21,25)(H,22,23)/t11-/m1/s1. The number of amides is 2. The molecule has 0 bridgehead atoms. The lowest BCUT2D eigenvalue weighted by Crippen LogP contribution is -2.41. The monoisotopic (exact) mass is 442 g/mol. The summed E-state index contributed by atoms with van der Waals surface area (Å²) >= 11 is 13.4. The van der Waals surface area contributed by atoms with E-state index in [1.165, 1.54) is 16.2 Å². The largest absolute Gasteiger partial charge is 0.376 e. The Kier molecular flexibility index (Phi) is 7.12. The molecule has 0 unspecified atom stereocenters. The van der Waals surface area contributed by atoms with Gasteiger partial charge in [0.1, 0.15) is 5.69 Å².